The molecule has 1 atom stereocenters. The maximum absolute atomic E-state index is 14.0. The maximum atomic E-state index is 14.0. The first kappa shape index (κ1) is 14.9. The predicted octanol–water partition coefficient (Wildman–Crippen LogP) is 3.92. The summed E-state index contributed by atoms with van der Waals surface area (Å²) in [4.78, 5) is 0. The zero-order valence-corrected chi connectivity index (χ0v) is 12.0. The van der Waals surface area contributed by atoms with E-state index in [0.29, 0.717) is 10.0 Å². The molecule has 0 bridgehead atoms. The molecule has 0 saturated carbocycles. The maximum Gasteiger partial charge on any atom is 0.134 e. The van der Waals surface area contributed by atoms with E-state index in [4.69, 9.17) is 10.5 Å². The van der Waals surface area contributed by atoms with E-state index in [1.54, 1.807) is 0 Å². The van der Waals surface area contributed by atoms with Crippen LogP contribution < -0.4 is 10.5 Å². The third kappa shape index (κ3) is 2.81. The lowest BCUT2D eigenvalue weighted by Gasteiger charge is -2.16. The van der Waals surface area contributed by atoms with Gasteiger partial charge in [0.1, 0.15) is 23.2 Å². The second-order valence-electron chi connectivity index (χ2n) is 4.15. The third-order valence-electron chi connectivity index (χ3n) is 2.90. The van der Waals surface area contributed by atoms with Crippen molar-refractivity contribution in [1.82, 2.24) is 0 Å². The van der Waals surface area contributed by atoms with Gasteiger partial charge in [0.05, 0.1) is 13.2 Å². The lowest BCUT2D eigenvalue weighted by Crippen LogP contribution is -2.16. The number of ether oxygens (including phenoxy) is 1. The molecule has 106 valence electrons. The van der Waals surface area contributed by atoms with E-state index in [1.807, 2.05) is 0 Å². The van der Waals surface area contributed by atoms with Crippen molar-refractivity contribution in [1.29, 1.82) is 0 Å². The molecule has 6 heteroatoms. The van der Waals surface area contributed by atoms with E-state index in [9.17, 15) is 13.2 Å². The van der Waals surface area contributed by atoms with Crippen LogP contribution in [0.1, 0.15) is 17.2 Å². The van der Waals surface area contributed by atoms with Crippen LogP contribution in [0.3, 0.4) is 0 Å². The average molecular weight is 346 g/mol. The Morgan fingerprint density at radius 3 is 2.20 bits per heavy atom. The highest BCUT2D eigenvalue weighted by atomic mass is 79.9. The molecule has 0 aliphatic heterocycles. The van der Waals surface area contributed by atoms with Crippen LogP contribution >= 0.6 is 15.9 Å². The molecule has 2 N–H and O–H groups in total. The standard InChI is InChI=1S/C14H11BrF3NO/c1-20-8-5-11(17)13(12(18)6-8)14(19)9-3-2-7(16)4-10(9)15/h2-6,14H,19H2,1H3. The number of hydrogen-bond donors (Lipinski definition) is 1. The predicted molar refractivity (Wildman–Crippen MR) is 73.0 cm³/mol. The zero-order valence-electron chi connectivity index (χ0n) is 10.5. The van der Waals surface area contributed by atoms with Crippen LogP contribution in [0.25, 0.3) is 0 Å². The van der Waals surface area contributed by atoms with Crippen molar-refractivity contribution in [3.8, 4) is 5.75 Å². The van der Waals surface area contributed by atoms with Crippen LogP contribution in [-0.2, 0) is 0 Å². The molecule has 0 spiro atoms. The highest BCUT2D eigenvalue weighted by Crippen LogP contribution is 2.32. The van der Waals surface area contributed by atoms with Gasteiger partial charge >= 0.3 is 0 Å². The van der Waals surface area contributed by atoms with Gasteiger partial charge in [-0.15, -0.1) is 0 Å². The highest BCUT2D eigenvalue weighted by Gasteiger charge is 2.21. The molecular formula is C14H11BrF3NO. The van der Waals surface area contributed by atoms with Crippen LogP contribution in [0.4, 0.5) is 13.2 Å². The Hall–Kier alpha value is -1.53. The van der Waals surface area contributed by atoms with Crippen molar-refractivity contribution in [2.24, 2.45) is 5.73 Å². The van der Waals surface area contributed by atoms with Crippen LogP contribution in [0, 0.1) is 17.5 Å². The molecular weight excluding hydrogens is 335 g/mol. The lowest BCUT2D eigenvalue weighted by atomic mass is 9.98. The van der Waals surface area contributed by atoms with Crippen molar-refractivity contribution < 1.29 is 17.9 Å². The van der Waals surface area contributed by atoms with E-state index in [2.05, 4.69) is 15.9 Å². The van der Waals surface area contributed by atoms with E-state index < -0.39 is 23.5 Å². The van der Waals surface area contributed by atoms with Gasteiger partial charge in [-0.25, -0.2) is 13.2 Å². The van der Waals surface area contributed by atoms with Crippen molar-refractivity contribution in [2.75, 3.05) is 7.11 Å². The largest absolute Gasteiger partial charge is 0.497 e. The molecule has 20 heavy (non-hydrogen) atoms. The van der Waals surface area contributed by atoms with Gasteiger partial charge in [0.15, 0.2) is 0 Å². The number of nitrogens with two attached hydrogens (primary N) is 1. The number of halogens is 4. The summed E-state index contributed by atoms with van der Waals surface area (Å²) in [6.45, 7) is 0. The van der Waals surface area contributed by atoms with Gasteiger partial charge in [-0.05, 0) is 17.7 Å². The molecule has 0 saturated heterocycles. The molecule has 0 amide bonds. The lowest BCUT2D eigenvalue weighted by molar-refractivity contribution is 0.404. The van der Waals surface area contributed by atoms with Crippen molar-refractivity contribution >= 4 is 15.9 Å². The molecule has 2 rings (SSSR count). The van der Waals surface area contributed by atoms with Gasteiger partial charge in [0.25, 0.3) is 0 Å². The summed E-state index contributed by atoms with van der Waals surface area (Å²) in [6.07, 6.45) is 0. The van der Waals surface area contributed by atoms with Crippen LogP contribution in [-0.4, -0.2) is 7.11 Å². The van der Waals surface area contributed by atoms with E-state index in [1.165, 1.54) is 25.3 Å². The molecule has 0 aromatic heterocycles. The topological polar surface area (TPSA) is 35.2 Å². The van der Waals surface area contributed by atoms with E-state index >= 15 is 0 Å². The zero-order chi connectivity index (χ0) is 14.9. The van der Waals surface area contributed by atoms with Crippen molar-refractivity contribution in [3.05, 3.63) is 63.4 Å². The Kier molecular flexibility index (Phi) is 4.35. The molecule has 2 nitrogen and oxygen atoms in total. The van der Waals surface area contributed by atoms with Crippen molar-refractivity contribution in [3.63, 3.8) is 0 Å². The van der Waals surface area contributed by atoms with Gasteiger partial charge in [0, 0.05) is 22.2 Å². The fourth-order valence-electron chi connectivity index (χ4n) is 1.89. The van der Waals surface area contributed by atoms with Crippen LogP contribution in [0.15, 0.2) is 34.8 Å². The summed E-state index contributed by atoms with van der Waals surface area (Å²) >= 11 is 3.13. The molecule has 0 aliphatic rings. The Bertz CT molecular complexity index is 625. The van der Waals surface area contributed by atoms with Gasteiger partial charge < -0.3 is 10.5 Å². The van der Waals surface area contributed by atoms with E-state index in [0.717, 1.165) is 12.1 Å². The van der Waals surface area contributed by atoms with Gasteiger partial charge in [-0.3, -0.25) is 0 Å². The summed E-state index contributed by atoms with van der Waals surface area (Å²) in [7, 11) is 1.31. The average Bonchev–Trinajstić information content (AvgIpc) is 2.37. The second kappa shape index (κ2) is 5.85. The van der Waals surface area contributed by atoms with Gasteiger partial charge in [-0.1, -0.05) is 22.0 Å². The number of rotatable bonds is 3. The second-order valence-corrected chi connectivity index (χ2v) is 5.00. The summed E-state index contributed by atoms with van der Waals surface area (Å²) in [6, 6.07) is 4.79. The third-order valence-corrected chi connectivity index (χ3v) is 3.58. The fourth-order valence-corrected chi connectivity index (χ4v) is 2.48. The fraction of sp³-hybridized carbons (Fsp3) is 0.143. The van der Waals surface area contributed by atoms with E-state index in [-0.39, 0.29) is 11.3 Å². The summed E-state index contributed by atoms with van der Waals surface area (Å²) in [5, 5.41) is 0. The first-order chi connectivity index (χ1) is 9.43. The Labute approximate surface area is 122 Å². The first-order valence-electron chi connectivity index (χ1n) is 5.67. The minimum atomic E-state index is -1.06. The molecule has 0 fully saturated rings. The normalized spacial score (nSPS) is 12.3. The highest BCUT2D eigenvalue weighted by molar-refractivity contribution is 9.10. The molecule has 2 aromatic rings. The smallest absolute Gasteiger partial charge is 0.134 e. The van der Waals surface area contributed by atoms with Crippen LogP contribution in [0.2, 0.25) is 0 Å². The van der Waals surface area contributed by atoms with Crippen molar-refractivity contribution in [2.45, 2.75) is 6.04 Å². The number of benzene rings is 2. The Morgan fingerprint density at radius 1 is 1.10 bits per heavy atom. The van der Waals surface area contributed by atoms with Gasteiger partial charge in [0.2, 0.25) is 0 Å². The monoisotopic (exact) mass is 345 g/mol. The summed E-state index contributed by atoms with van der Waals surface area (Å²) in [5.74, 6) is -2.03. The first-order valence-corrected chi connectivity index (χ1v) is 6.46. The quantitative estimate of drug-likeness (QED) is 0.914. The van der Waals surface area contributed by atoms with Crippen LogP contribution in [0.5, 0.6) is 5.75 Å². The number of methoxy groups -OCH3 is 1. The Balaban J connectivity index is 2.50. The molecule has 0 aliphatic carbocycles. The number of hydrogen-bond acceptors (Lipinski definition) is 2. The molecule has 0 heterocycles. The summed E-state index contributed by atoms with van der Waals surface area (Å²) < 4.78 is 46.1. The summed E-state index contributed by atoms with van der Waals surface area (Å²) in [5.41, 5.74) is 5.98. The Morgan fingerprint density at radius 2 is 1.70 bits per heavy atom. The molecule has 1 unspecified atom stereocenters. The minimum Gasteiger partial charge on any atom is -0.497 e. The molecule has 0 radical (unpaired) electrons. The minimum absolute atomic E-state index is 0.0640. The molecule has 2 aromatic carbocycles. The van der Waals surface area contributed by atoms with Gasteiger partial charge in [-0.2, -0.15) is 0 Å². The SMILES string of the molecule is COc1cc(F)c(C(N)c2ccc(F)cc2Br)c(F)c1.